The molecule has 0 saturated carbocycles. The van der Waals surface area contributed by atoms with E-state index in [0.29, 0.717) is 16.8 Å². The number of H-pyrrole nitrogens is 1. The fourth-order valence-corrected chi connectivity index (χ4v) is 2.16. The highest BCUT2D eigenvalue weighted by atomic mass is 19.4. The summed E-state index contributed by atoms with van der Waals surface area (Å²) in [6.45, 7) is 0. The average Bonchev–Trinajstić information content (AvgIpc) is 3.01. The van der Waals surface area contributed by atoms with E-state index in [9.17, 15) is 22.8 Å². The van der Waals surface area contributed by atoms with E-state index >= 15 is 0 Å². The van der Waals surface area contributed by atoms with Crippen molar-refractivity contribution < 1.29 is 22.6 Å². The lowest BCUT2D eigenvalue weighted by Crippen LogP contribution is -2.20. The molecule has 128 valence electrons. The van der Waals surface area contributed by atoms with Crippen LogP contribution in [0.2, 0.25) is 0 Å². The van der Waals surface area contributed by atoms with Crippen molar-refractivity contribution in [2.24, 2.45) is 0 Å². The highest BCUT2D eigenvalue weighted by molar-refractivity contribution is 6.02. The molecule has 0 radical (unpaired) electrons. The molecule has 0 spiro atoms. The third kappa shape index (κ3) is 3.60. The summed E-state index contributed by atoms with van der Waals surface area (Å²) >= 11 is 0. The molecule has 3 aromatic rings. The molecule has 25 heavy (non-hydrogen) atoms. The molecule has 9 heteroatoms. The van der Waals surface area contributed by atoms with Gasteiger partial charge in [0.15, 0.2) is 0 Å². The van der Waals surface area contributed by atoms with E-state index in [1.165, 1.54) is 18.2 Å². The van der Waals surface area contributed by atoms with Gasteiger partial charge in [-0.1, -0.05) is 24.3 Å². The first-order valence-corrected chi connectivity index (χ1v) is 6.98. The van der Waals surface area contributed by atoms with Crippen molar-refractivity contribution in [3.8, 4) is 11.1 Å². The number of amides is 1. The molecule has 2 aromatic carbocycles. The molecule has 0 fully saturated rings. The van der Waals surface area contributed by atoms with Gasteiger partial charge in [-0.3, -0.25) is 14.2 Å². The predicted octanol–water partition coefficient (Wildman–Crippen LogP) is 3.30. The fourth-order valence-electron chi connectivity index (χ4n) is 2.16. The molecule has 1 heterocycles. The van der Waals surface area contributed by atoms with Crippen molar-refractivity contribution in [1.82, 2.24) is 10.3 Å². The van der Waals surface area contributed by atoms with E-state index < -0.39 is 28.9 Å². The number of carbonyl (C=O) groups is 1. The van der Waals surface area contributed by atoms with Crippen LogP contribution in [0.5, 0.6) is 0 Å². The third-order valence-corrected chi connectivity index (χ3v) is 3.37. The molecular weight excluding hydrogens is 339 g/mol. The zero-order valence-corrected chi connectivity index (χ0v) is 12.4. The second-order valence-electron chi connectivity index (χ2n) is 5.07. The Morgan fingerprint density at radius 1 is 1.08 bits per heavy atom. The first kappa shape index (κ1) is 16.5. The summed E-state index contributed by atoms with van der Waals surface area (Å²) in [5.41, 5.74) is -0.653. The van der Waals surface area contributed by atoms with Crippen molar-refractivity contribution >= 4 is 11.6 Å². The fraction of sp³-hybridized carbons (Fsp3) is 0.0625. The van der Waals surface area contributed by atoms with Crippen molar-refractivity contribution in [2.75, 3.05) is 5.32 Å². The highest BCUT2D eigenvalue weighted by Crippen LogP contribution is 2.32. The van der Waals surface area contributed by atoms with Crippen LogP contribution in [-0.2, 0) is 6.18 Å². The number of hydrogen-bond acceptors (Lipinski definition) is 4. The van der Waals surface area contributed by atoms with Crippen molar-refractivity contribution in [1.29, 1.82) is 0 Å². The lowest BCUT2D eigenvalue weighted by Gasteiger charge is -2.09. The summed E-state index contributed by atoms with van der Waals surface area (Å²) in [6.07, 6.45) is -4.42. The Kier molecular flexibility index (Phi) is 4.14. The van der Waals surface area contributed by atoms with E-state index in [1.54, 1.807) is 18.2 Å². The minimum absolute atomic E-state index is 0.350. The Hall–Kier alpha value is -3.36. The quantitative estimate of drug-likeness (QED) is 0.759. The third-order valence-electron chi connectivity index (χ3n) is 3.37. The van der Waals surface area contributed by atoms with Crippen LogP contribution in [0.4, 0.5) is 18.9 Å². The van der Waals surface area contributed by atoms with Gasteiger partial charge in [0.05, 0.1) is 5.56 Å². The summed E-state index contributed by atoms with van der Waals surface area (Å²) in [4.78, 5) is 23.1. The van der Waals surface area contributed by atoms with Crippen LogP contribution in [0.25, 0.3) is 11.1 Å². The molecule has 3 rings (SSSR count). The molecule has 6 nitrogen and oxygen atoms in total. The van der Waals surface area contributed by atoms with Crippen LogP contribution in [0.1, 0.15) is 16.1 Å². The van der Waals surface area contributed by atoms with E-state index in [1.807, 2.05) is 5.16 Å². The Bertz CT molecular complexity index is 959. The molecule has 2 N–H and O–H groups in total. The van der Waals surface area contributed by atoms with E-state index in [2.05, 4.69) is 15.1 Å². The second-order valence-corrected chi connectivity index (χ2v) is 5.07. The molecule has 0 atom stereocenters. The van der Waals surface area contributed by atoms with Crippen LogP contribution in [0, 0.1) is 0 Å². The minimum atomic E-state index is -4.42. The lowest BCUT2D eigenvalue weighted by atomic mass is 10.0. The van der Waals surface area contributed by atoms with Gasteiger partial charge in [-0.15, -0.1) is 0 Å². The number of nitrogens with one attached hydrogen (secondary N) is 2. The van der Waals surface area contributed by atoms with Gasteiger partial charge in [-0.05, 0) is 40.5 Å². The van der Waals surface area contributed by atoms with Gasteiger partial charge in [-0.25, -0.2) is 0 Å². The maximum absolute atomic E-state index is 12.8. The Morgan fingerprint density at radius 2 is 1.80 bits per heavy atom. The predicted molar refractivity (Wildman–Crippen MR) is 82.0 cm³/mol. The van der Waals surface area contributed by atoms with Crippen molar-refractivity contribution in [2.45, 2.75) is 6.18 Å². The SMILES string of the molecule is O=C(Nc1ccc(-c2cccc(C(F)(F)F)c2)cc1)c1no[nH]c1=O. The Morgan fingerprint density at radius 3 is 2.40 bits per heavy atom. The number of rotatable bonds is 3. The molecule has 0 aliphatic rings. The maximum Gasteiger partial charge on any atom is 0.416 e. The summed E-state index contributed by atoms with van der Waals surface area (Å²) < 4.78 is 42.6. The minimum Gasteiger partial charge on any atom is -0.320 e. The van der Waals surface area contributed by atoms with Gasteiger partial charge >= 0.3 is 11.7 Å². The van der Waals surface area contributed by atoms with Crippen molar-refractivity contribution in [3.63, 3.8) is 0 Å². The number of alkyl halides is 3. The normalized spacial score (nSPS) is 11.3. The Labute approximate surface area is 138 Å². The number of aromatic nitrogens is 2. The van der Waals surface area contributed by atoms with E-state index in [-0.39, 0.29) is 0 Å². The smallest absolute Gasteiger partial charge is 0.320 e. The standard InChI is InChI=1S/C16H10F3N3O3/c17-16(18,19)11-3-1-2-10(8-11)9-4-6-12(7-5-9)20-14(23)13-15(24)22-25-21-13/h1-8H,(H,20,23)(H,22,24). The molecule has 1 aromatic heterocycles. The van der Waals surface area contributed by atoms with Crippen LogP contribution >= 0.6 is 0 Å². The van der Waals surface area contributed by atoms with Crippen LogP contribution < -0.4 is 10.9 Å². The summed E-state index contributed by atoms with van der Waals surface area (Å²) in [6, 6.07) is 11.0. The van der Waals surface area contributed by atoms with Gasteiger partial charge in [-0.2, -0.15) is 18.3 Å². The molecule has 0 saturated heterocycles. The van der Waals surface area contributed by atoms with Gasteiger partial charge in [0, 0.05) is 5.69 Å². The van der Waals surface area contributed by atoms with Gasteiger partial charge in [0.1, 0.15) is 0 Å². The van der Waals surface area contributed by atoms with Gasteiger partial charge in [0.25, 0.3) is 5.91 Å². The number of halogens is 3. The zero-order chi connectivity index (χ0) is 18.0. The van der Waals surface area contributed by atoms with Gasteiger partial charge < -0.3 is 5.32 Å². The first-order valence-electron chi connectivity index (χ1n) is 6.98. The molecule has 1 amide bonds. The molecular formula is C16H10F3N3O3. The summed E-state index contributed by atoms with van der Waals surface area (Å²) in [7, 11) is 0. The molecule has 0 aliphatic carbocycles. The van der Waals surface area contributed by atoms with Crippen molar-refractivity contribution in [3.05, 3.63) is 70.1 Å². The largest absolute Gasteiger partial charge is 0.416 e. The number of benzene rings is 2. The second kappa shape index (κ2) is 6.27. The number of aromatic amines is 1. The molecule has 0 unspecified atom stereocenters. The number of anilines is 1. The van der Waals surface area contributed by atoms with E-state index in [4.69, 9.17) is 0 Å². The summed E-state index contributed by atoms with van der Waals surface area (Å²) in [5.74, 6) is -0.762. The van der Waals surface area contributed by atoms with E-state index in [0.717, 1.165) is 12.1 Å². The molecule has 0 bridgehead atoms. The number of carbonyl (C=O) groups excluding carboxylic acids is 1. The van der Waals surface area contributed by atoms with Crippen LogP contribution in [0.3, 0.4) is 0 Å². The topological polar surface area (TPSA) is 88.0 Å². The number of hydrogen-bond donors (Lipinski definition) is 2. The first-order chi connectivity index (χ1) is 11.8. The Balaban J connectivity index is 1.80. The van der Waals surface area contributed by atoms with Gasteiger partial charge in [0.2, 0.25) is 5.69 Å². The van der Waals surface area contributed by atoms with Crippen LogP contribution in [0.15, 0.2) is 58.0 Å². The zero-order valence-electron chi connectivity index (χ0n) is 12.4. The lowest BCUT2D eigenvalue weighted by molar-refractivity contribution is -0.137. The van der Waals surface area contributed by atoms with Crippen LogP contribution in [-0.4, -0.2) is 16.2 Å². The number of nitrogens with zero attached hydrogens (tertiary/aromatic N) is 1. The summed E-state index contributed by atoms with van der Waals surface area (Å²) in [5, 5.41) is 7.58. The molecule has 0 aliphatic heterocycles. The average molecular weight is 349 g/mol. The maximum atomic E-state index is 12.8. The highest BCUT2D eigenvalue weighted by Gasteiger charge is 2.30. The monoisotopic (exact) mass is 349 g/mol.